The summed E-state index contributed by atoms with van der Waals surface area (Å²) in [5.41, 5.74) is 0.811. The zero-order chi connectivity index (χ0) is 16.8. The van der Waals surface area contributed by atoms with Gasteiger partial charge in [0.05, 0.1) is 17.8 Å². The first-order chi connectivity index (χ1) is 11.7. The number of benzene rings is 2. The maximum atomic E-state index is 13.5. The average molecular weight is 342 g/mol. The number of anilines is 1. The molecule has 0 aliphatic heterocycles. The first kappa shape index (κ1) is 16.1. The van der Waals surface area contributed by atoms with E-state index in [1.165, 1.54) is 23.5 Å². The summed E-state index contributed by atoms with van der Waals surface area (Å²) in [7, 11) is 0. The van der Waals surface area contributed by atoms with Crippen LogP contribution >= 0.6 is 11.3 Å². The van der Waals surface area contributed by atoms with Crippen molar-refractivity contribution < 1.29 is 13.9 Å². The molecule has 0 aliphatic rings. The topological polar surface area (TPSA) is 51.2 Å². The average Bonchev–Trinajstić information content (AvgIpc) is 3.03. The highest BCUT2D eigenvalue weighted by molar-refractivity contribution is 7.09. The molecule has 0 radical (unpaired) electrons. The summed E-state index contributed by atoms with van der Waals surface area (Å²) in [6, 6.07) is 15.5. The molecule has 122 valence electrons. The van der Waals surface area contributed by atoms with Gasteiger partial charge in [-0.2, -0.15) is 0 Å². The van der Waals surface area contributed by atoms with Crippen molar-refractivity contribution in [2.24, 2.45) is 0 Å². The summed E-state index contributed by atoms with van der Waals surface area (Å²) in [6.07, 6.45) is 0.0934. The van der Waals surface area contributed by atoms with Crippen molar-refractivity contribution in [1.29, 1.82) is 0 Å². The van der Waals surface area contributed by atoms with E-state index in [1.54, 1.807) is 12.1 Å². The SMILES string of the molecule is O=C(Cc1csc(COc2ccccc2)n1)Nc1ccccc1F. The van der Waals surface area contributed by atoms with Crippen LogP contribution in [0.3, 0.4) is 0 Å². The standard InChI is InChI=1S/C18H15FN2O2S/c19-15-8-4-5-9-16(15)21-17(22)10-13-12-24-18(20-13)11-23-14-6-2-1-3-7-14/h1-9,12H,10-11H2,(H,21,22). The highest BCUT2D eigenvalue weighted by Gasteiger charge is 2.10. The van der Waals surface area contributed by atoms with E-state index in [2.05, 4.69) is 10.3 Å². The minimum Gasteiger partial charge on any atom is -0.486 e. The molecule has 0 fully saturated rings. The van der Waals surface area contributed by atoms with E-state index >= 15 is 0 Å². The number of hydrogen-bond acceptors (Lipinski definition) is 4. The van der Waals surface area contributed by atoms with Crippen LogP contribution in [0.1, 0.15) is 10.7 Å². The van der Waals surface area contributed by atoms with Crippen molar-refractivity contribution in [2.45, 2.75) is 13.0 Å². The predicted octanol–water partition coefficient (Wildman–Crippen LogP) is 4.04. The molecule has 0 saturated carbocycles. The van der Waals surface area contributed by atoms with Gasteiger partial charge in [0.15, 0.2) is 0 Å². The summed E-state index contributed by atoms with van der Waals surface area (Å²) in [5.74, 6) is 0.00792. The number of carbonyl (C=O) groups excluding carboxylic acids is 1. The van der Waals surface area contributed by atoms with Crippen LogP contribution in [0.25, 0.3) is 0 Å². The second-order valence-electron chi connectivity index (χ2n) is 5.04. The predicted molar refractivity (Wildman–Crippen MR) is 91.6 cm³/mol. The van der Waals surface area contributed by atoms with E-state index in [9.17, 15) is 9.18 Å². The quantitative estimate of drug-likeness (QED) is 0.735. The Balaban J connectivity index is 1.54. The molecule has 2 aromatic carbocycles. The minimum atomic E-state index is -0.457. The van der Waals surface area contributed by atoms with E-state index in [0.29, 0.717) is 12.3 Å². The zero-order valence-corrected chi connectivity index (χ0v) is 13.6. The van der Waals surface area contributed by atoms with Crippen molar-refractivity contribution in [3.05, 3.63) is 76.5 Å². The van der Waals surface area contributed by atoms with E-state index in [4.69, 9.17) is 4.74 Å². The van der Waals surface area contributed by atoms with Crippen molar-refractivity contribution in [3.8, 4) is 5.75 Å². The number of hydrogen-bond donors (Lipinski definition) is 1. The maximum Gasteiger partial charge on any atom is 0.230 e. The Labute approximate surface area is 142 Å². The second kappa shape index (κ2) is 7.70. The van der Waals surface area contributed by atoms with Gasteiger partial charge in [-0.15, -0.1) is 11.3 Å². The molecule has 3 rings (SSSR count). The minimum absolute atomic E-state index is 0.0934. The van der Waals surface area contributed by atoms with E-state index in [-0.39, 0.29) is 18.0 Å². The molecule has 1 heterocycles. The molecule has 24 heavy (non-hydrogen) atoms. The van der Waals surface area contributed by atoms with Crippen LogP contribution in [0.15, 0.2) is 60.0 Å². The molecule has 1 aromatic heterocycles. The number of carbonyl (C=O) groups is 1. The number of ether oxygens (including phenoxy) is 1. The highest BCUT2D eigenvalue weighted by atomic mass is 32.1. The number of rotatable bonds is 6. The van der Waals surface area contributed by atoms with Gasteiger partial charge in [0.2, 0.25) is 5.91 Å². The lowest BCUT2D eigenvalue weighted by molar-refractivity contribution is -0.115. The molecule has 0 saturated heterocycles. The number of para-hydroxylation sites is 2. The van der Waals surface area contributed by atoms with Crippen LogP contribution < -0.4 is 10.1 Å². The fraction of sp³-hybridized carbons (Fsp3) is 0.111. The van der Waals surface area contributed by atoms with Gasteiger partial charge < -0.3 is 10.1 Å². The fourth-order valence-corrected chi connectivity index (χ4v) is 2.78. The summed E-state index contributed by atoms with van der Waals surface area (Å²) in [5, 5.41) is 5.14. The Bertz CT molecular complexity index is 821. The highest BCUT2D eigenvalue weighted by Crippen LogP contribution is 2.16. The lowest BCUT2D eigenvalue weighted by Crippen LogP contribution is -2.15. The van der Waals surface area contributed by atoms with Gasteiger partial charge >= 0.3 is 0 Å². The van der Waals surface area contributed by atoms with Crippen molar-refractivity contribution in [3.63, 3.8) is 0 Å². The van der Waals surface area contributed by atoms with Crippen LogP contribution in [-0.2, 0) is 17.8 Å². The van der Waals surface area contributed by atoms with Crippen LogP contribution in [-0.4, -0.2) is 10.9 Å². The Hall–Kier alpha value is -2.73. The van der Waals surface area contributed by atoms with Crippen LogP contribution in [0.4, 0.5) is 10.1 Å². The largest absolute Gasteiger partial charge is 0.486 e. The molecular weight excluding hydrogens is 327 g/mol. The zero-order valence-electron chi connectivity index (χ0n) is 12.7. The monoisotopic (exact) mass is 342 g/mol. The molecule has 1 N–H and O–H groups in total. The van der Waals surface area contributed by atoms with Crippen molar-refractivity contribution in [1.82, 2.24) is 4.98 Å². The van der Waals surface area contributed by atoms with Crippen molar-refractivity contribution in [2.75, 3.05) is 5.32 Å². The van der Waals surface area contributed by atoms with Crippen LogP contribution in [0.2, 0.25) is 0 Å². The number of nitrogens with zero attached hydrogens (tertiary/aromatic N) is 1. The van der Waals surface area contributed by atoms with E-state index in [1.807, 2.05) is 35.7 Å². The summed E-state index contributed by atoms with van der Waals surface area (Å²) in [4.78, 5) is 16.3. The summed E-state index contributed by atoms with van der Waals surface area (Å²) < 4.78 is 19.1. The third kappa shape index (κ3) is 4.39. The number of thiazole rings is 1. The molecule has 3 aromatic rings. The van der Waals surface area contributed by atoms with E-state index in [0.717, 1.165) is 10.8 Å². The third-order valence-electron chi connectivity index (χ3n) is 3.19. The maximum absolute atomic E-state index is 13.5. The van der Waals surface area contributed by atoms with Gasteiger partial charge in [-0.1, -0.05) is 30.3 Å². The molecule has 4 nitrogen and oxygen atoms in total. The van der Waals surface area contributed by atoms with Gasteiger partial charge in [-0.3, -0.25) is 4.79 Å². The first-order valence-corrected chi connectivity index (χ1v) is 8.24. The summed E-state index contributed by atoms with van der Waals surface area (Å²) >= 11 is 1.43. The molecule has 6 heteroatoms. The Morgan fingerprint density at radius 1 is 1.12 bits per heavy atom. The van der Waals surface area contributed by atoms with Gasteiger partial charge in [-0.05, 0) is 24.3 Å². The Kier molecular flexibility index (Phi) is 5.18. The molecular formula is C18H15FN2O2S. The number of nitrogens with one attached hydrogen (secondary N) is 1. The lowest BCUT2D eigenvalue weighted by atomic mass is 10.2. The third-order valence-corrected chi connectivity index (χ3v) is 4.07. The summed E-state index contributed by atoms with van der Waals surface area (Å²) in [6.45, 7) is 0.351. The van der Waals surface area contributed by atoms with Crippen molar-refractivity contribution >= 4 is 22.9 Å². The molecule has 1 amide bonds. The Morgan fingerprint density at radius 3 is 2.67 bits per heavy atom. The van der Waals surface area contributed by atoms with E-state index < -0.39 is 5.82 Å². The van der Waals surface area contributed by atoms with Gasteiger partial charge in [0, 0.05) is 5.38 Å². The number of aromatic nitrogens is 1. The fourth-order valence-electron chi connectivity index (χ4n) is 2.08. The van der Waals surface area contributed by atoms with Crippen LogP contribution in [0.5, 0.6) is 5.75 Å². The second-order valence-corrected chi connectivity index (χ2v) is 5.98. The Morgan fingerprint density at radius 2 is 1.88 bits per heavy atom. The molecule has 0 atom stereocenters. The smallest absolute Gasteiger partial charge is 0.230 e. The molecule has 0 bridgehead atoms. The normalized spacial score (nSPS) is 10.4. The number of amides is 1. The van der Waals surface area contributed by atoms with Gasteiger partial charge in [0.1, 0.15) is 23.2 Å². The number of halogens is 1. The first-order valence-electron chi connectivity index (χ1n) is 7.36. The van der Waals surface area contributed by atoms with Gasteiger partial charge in [0.25, 0.3) is 0 Å². The molecule has 0 spiro atoms. The molecule has 0 unspecified atom stereocenters. The lowest BCUT2D eigenvalue weighted by Gasteiger charge is -2.05. The van der Waals surface area contributed by atoms with Gasteiger partial charge in [-0.25, -0.2) is 9.37 Å². The van der Waals surface area contributed by atoms with Crippen LogP contribution in [0, 0.1) is 5.82 Å². The molecule has 0 aliphatic carbocycles.